The summed E-state index contributed by atoms with van der Waals surface area (Å²) in [5.41, 5.74) is 4.08. The number of hydrogen-bond acceptors (Lipinski definition) is 5. The van der Waals surface area contributed by atoms with E-state index in [1.807, 2.05) is 54.6 Å². The van der Waals surface area contributed by atoms with Crippen molar-refractivity contribution in [3.05, 3.63) is 134 Å². The van der Waals surface area contributed by atoms with E-state index in [1.165, 1.54) is 21.5 Å². The van der Waals surface area contributed by atoms with Gasteiger partial charge in [-0.2, -0.15) is 0 Å². The summed E-state index contributed by atoms with van der Waals surface area (Å²) >= 11 is 0. The van der Waals surface area contributed by atoms with Gasteiger partial charge in [0.2, 0.25) is 5.71 Å². The third-order valence-corrected chi connectivity index (χ3v) is 8.18. The molecule has 0 aliphatic rings. The van der Waals surface area contributed by atoms with Crippen LogP contribution in [0.5, 0.6) is 0 Å². The Labute approximate surface area is 246 Å². The van der Waals surface area contributed by atoms with Crippen molar-refractivity contribution in [1.82, 2.24) is 19.9 Å². The molecule has 0 radical (unpaired) electrons. The first-order valence-electron chi connectivity index (χ1n) is 14.2. The maximum Gasteiger partial charge on any atom is 0.228 e. The number of rotatable bonds is 3. The Kier molecular flexibility index (Phi) is 5.13. The van der Waals surface area contributed by atoms with Crippen LogP contribution in [0.25, 0.3) is 88.5 Å². The van der Waals surface area contributed by atoms with Gasteiger partial charge in [-0.25, -0.2) is 19.9 Å². The molecule has 5 heteroatoms. The molecule has 0 N–H and O–H groups in total. The van der Waals surface area contributed by atoms with Crippen molar-refractivity contribution in [3.8, 4) is 34.2 Å². The summed E-state index contributed by atoms with van der Waals surface area (Å²) in [5, 5.41) is 8.91. The van der Waals surface area contributed by atoms with E-state index in [2.05, 4.69) is 77.8 Å². The first kappa shape index (κ1) is 23.7. The van der Waals surface area contributed by atoms with Crippen LogP contribution >= 0.6 is 0 Å². The van der Waals surface area contributed by atoms with Crippen LogP contribution in [0, 0.1) is 0 Å². The first-order chi connectivity index (χ1) is 21.3. The molecule has 0 bridgehead atoms. The van der Waals surface area contributed by atoms with Gasteiger partial charge in [-0.1, -0.05) is 109 Å². The lowest BCUT2D eigenvalue weighted by atomic mass is 9.92. The van der Waals surface area contributed by atoms with Crippen LogP contribution in [0.15, 0.2) is 138 Å². The molecule has 0 spiro atoms. The molecule has 0 aliphatic heterocycles. The van der Waals surface area contributed by atoms with Crippen molar-refractivity contribution in [3.63, 3.8) is 0 Å². The smallest absolute Gasteiger partial charge is 0.228 e. The Bertz CT molecular complexity index is 2500. The van der Waals surface area contributed by atoms with Crippen molar-refractivity contribution in [2.24, 2.45) is 0 Å². The molecule has 0 saturated heterocycles. The highest BCUT2D eigenvalue weighted by Gasteiger charge is 2.20. The molecule has 0 fully saturated rings. The molecule has 9 aromatic rings. The second-order valence-corrected chi connectivity index (χ2v) is 10.7. The van der Waals surface area contributed by atoms with Crippen LogP contribution in [0.2, 0.25) is 0 Å². The normalized spacial score (nSPS) is 11.7. The number of benzene rings is 6. The van der Waals surface area contributed by atoms with Gasteiger partial charge in [-0.15, -0.1) is 0 Å². The van der Waals surface area contributed by atoms with Crippen molar-refractivity contribution >= 4 is 54.4 Å². The minimum Gasteiger partial charge on any atom is -0.438 e. The summed E-state index contributed by atoms with van der Waals surface area (Å²) in [6.45, 7) is 0. The number of aromatic nitrogens is 4. The number of nitrogens with zero attached hydrogens (tertiary/aromatic N) is 4. The van der Waals surface area contributed by atoms with Crippen molar-refractivity contribution < 1.29 is 4.42 Å². The quantitative estimate of drug-likeness (QED) is 0.205. The number of furan rings is 1. The Morgan fingerprint density at radius 1 is 0.442 bits per heavy atom. The molecule has 200 valence electrons. The van der Waals surface area contributed by atoms with Gasteiger partial charge in [0, 0.05) is 28.3 Å². The van der Waals surface area contributed by atoms with E-state index in [9.17, 15) is 0 Å². The van der Waals surface area contributed by atoms with E-state index in [0.717, 1.165) is 43.8 Å². The summed E-state index contributed by atoms with van der Waals surface area (Å²) in [4.78, 5) is 19.9. The zero-order valence-corrected chi connectivity index (χ0v) is 22.9. The molecule has 6 aromatic carbocycles. The van der Waals surface area contributed by atoms with Crippen molar-refractivity contribution in [2.45, 2.75) is 0 Å². The summed E-state index contributed by atoms with van der Waals surface area (Å²) in [5.74, 6) is 1.80. The van der Waals surface area contributed by atoms with Gasteiger partial charge in [-0.3, -0.25) is 0 Å². The van der Waals surface area contributed by atoms with Gasteiger partial charge in [0.15, 0.2) is 17.5 Å². The molecule has 43 heavy (non-hydrogen) atoms. The number of para-hydroxylation sites is 1. The third kappa shape index (κ3) is 3.72. The molecular weight excluding hydrogens is 528 g/mol. The summed E-state index contributed by atoms with van der Waals surface area (Å²) < 4.78 is 6.11. The van der Waals surface area contributed by atoms with Crippen molar-refractivity contribution in [2.75, 3.05) is 0 Å². The molecule has 0 atom stereocenters. The average molecular weight is 551 g/mol. The third-order valence-electron chi connectivity index (χ3n) is 8.18. The minimum absolute atomic E-state index is 0.560. The van der Waals surface area contributed by atoms with Gasteiger partial charge in [-0.05, 0) is 50.5 Å². The van der Waals surface area contributed by atoms with Crippen LogP contribution < -0.4 is 0 Å². The molecule has 5 nitrogen and oxygen atoms in total. The van der Waals surface area contributed by atoms with Gasteiger partial charge < -0.3 is 4.42 Å². The van der Waals surface area contributed by atoms with Gasteiger partial charge in [0.1, 0.15) is 5.58 Å². The highest BCUT2D eigenvalue weighted by Crippen LogP contribution is 2.40. The molecule has 0 saturated carbocycles. The fraction of sp³-hybridized carbons (Fsp3) is 0. The maximum atomic E-state index is 6.11. The van der Waals surface area contributed by atoms with E-state index in [-0.39, 0.29) is 0 Å². The van der Waals surface area contributed by atoms with E-state index in [0.29, 0.717) is 23.2 Å². The van der Waals surface area contributed by atoms with Crippen LogP contribution in [0.3, 0.4) is 0 Å². The second-order valence-electron chi connectivity index (χ2n) is 10.7. The van der Waals surface area contributed by atoms with E-state index < -0.39 is 0 Å². The second kappa shape index (κ2) is 9.29. The van der Waals surface area contributed by atoms with Gasteiger partial charge in [0.05, 0.1) is 5.39 Å². The standard InChI is InChI=1S/C38H22N4O/c1-2-11-24(12-3-1)35-40-36(30-20-21-39-38-34(30)29-16-8-9-17-32(29)43-38)42-37(41-35)31-22-25-13-5-7-15-27(25)33-26-14-6-4-10-23(26)18-19-28(31)33/h1-22H. The van der Waals surface area contributed by atoms with Gasteiger partial charge in [0.25, 0.3) is 0 Å². The summed E-state index contributed by atoms with van der Waals surface area (Å²) in [6, 6.07) is 43.7. The highest BCUT2D eigenvalue weighted by molar-refractivity contribution is 6.23. The van der Waals surface area contributed by atoms with E-state index in [1.54, 1.807) is 6.20 Å². The lowest BCUT2D eigenvalue weighted by Gasteiger charge is -2.14. The van der Waals surface area contributed by atoms with Gasteiger partial charge >= 0.3 is 0 Å². The number of hydrogen-bond donors (Lipinski definition) is 0. The van der Waals surface area contributed by atoms with Crippen LogP contribution in [-0.4, -0.2) is 19.9 Å². The molecule has 0 unspecified atom stereocenters. The fourth-order valence-corrected chi connectivity index (χ4v) is 6.22. The topological polar surface area (TPSA) is 64.7 Å². The summed E-state index contributed by atoms with van der Waals surface area (Å²) in [6.07, 6.45) is 1.75. The average Bonchev–Trinajstić information content (AvgIpc) is 3.47. The predicted octanol–water partition coefficient (Wildman–Crippen LogP) is 9.63. The maximum absolute atomic E-state index is 6.11. The largest absolute Gasteiger partial charge is 0.438 e. The Hall–Kier alpha value is -5.94. The zero-order valence-electron chi connectivity index (χ0n) is 22.9. The highest BCUT2D eigenvalue weighted by atomic mass is 16.3. The van der Waals surface area contributed by atoms with Crippen LogP contribution in [-0.2, 0) is 0 Å². The Morgan fingerprint density at radius 3 is 1.93 bits per heavy atom. The molecular formula is C38H22N4O. The predicted molar refractivity (Wildman–Crippen MR) is 174 cm³/mol. The summed E-state index contributed by atoms with van der Waals surface area (Å²) in [7, 11) is 0. The number of fused-ring (bicyclic) bond motifs is 8. The molecule has 3 aromatic heterocycles. The molecule has 3 heterocycles. The zero-order chi connectivity index (χ0) is 28.3. The van der Waals surface area contributed by atoms with Crippen LogP contribution in [0.4, 0.5) is 0 Å². The van der Waals surface area contributed by atoms with E-state index in [4.69, 9.17) is 19.4 Å². The van der Waals surface area contributed by atoms with E-state index >= 15 is 0 Å². The monoisotopic (exact) mass is 550 g/mol. The molecule has 0 amide bonds. The minimum atomic E-state index is 0.560. The lowest BCUT2D eigenvalue weighted by Crippen LogP contribution is -2.01. The Morgan fingerprint density at radius 2 is 1.09 bits per heavy atom. The van der Waals surface area contributed by atoms with Crippen LogP contribution in [0.1, 0.15) is 0 Å². The lowest BCUT2D eigenvalue weighted by molar-refractivity contribution is 0.654. The fourth-order valence-electron chi connectivity index (χ4n) is 6.22. The number of pyridine rings is 1. The Balaban J connectivity index is 1.40. The first-order valence-corrected chi connectivity index (χ1v) is 14.2. The molecule has 9 rings (SSSR count). The van der Waals surface area contributed by atoms with Crippen molar-refractivity contribution in [1.29, 1.82) is 0 Å². The molecule has 0 aliphatic carbocycles. The SMILES string of the molecule is c1ccc(-c2nc(-c3cc4ccccc4c4c3ccc3ccccc34)nc(-c3ccnc4oc5ccccc5c34)n2)cc1.